The first kappa shape index (κ1) is 15.9. The Labute approximate surface area is 114 Å². The highest BCUT2D eigenvalue weighted by Crippen LogP contribution is 2.29. The lowest BCUT2D eigenvalue weighted by atomic mass is 9.80. The number of hydrogen-bond donors (Lipinski definition) is 1. The lowest BCUT2D eigenvalue weighted by Crippen LogP contribution is -2.50. The molecule has 1 aliphatic carbocycles. The first-order valence-electron chi connectivity index (χ1n) is 7.65. The van der Waals surface area contributed by atoms with Crippen LogP contribution in [-0.2, 0) is 0 Å². The van der Waals surface area contributed by atoms with E-state index in [1.165, 1.54) is 51.6 Å². The summed E-state index contributed by atoms with van der Waals surface area (Å²) in [6.07, 6.45) is 7.81. The Balaban J connectivity index is 2.36. The first-order valence-corrected chi connectivity index (χ1v) is 7.65. The van der Waals surface area contributed by atoms with Crippen molar-refractivity contribution in [3.05, 3.63) is 0 Å². The Hall–Kier alpha value is -0.120. The largest absolute Gasteiger partial charge is 0.326 e. The van der Waals surface area contributed by atoms with Crippen molar-refractivity contribution in [3.63, 3.8) is 0 Å². The van der Waals surface area contributed by atoms with E-state index in [0.717, 1.165) is 5.92 Å². The molecule has 1 rings (SSSR count). The van der Waals surface area contributed by atoms with Crippen LogP contribution in [0, 0.1) is 5.92 Å². The quantitative estimate of drug-likeness (QED) is 0.757. The van der Waals surface area contributed by atoms with Crippen LogP contribution in [0.5, 0.6) is 0 Å². The van der Waals surface area contributed by atoms with E-state index < -0.39 is 0 Å². The van der Waals surface area contributed by atoms with E-state index in [2.05, 4.69) is 37.9 Å². The Bertz CT molecular complexity index is 218. The van der Waals surface area contributed by atoms with Crippen LogP contribution < -0.4 is 5.73 Å². The highest BCUT2D eigenvalue weighted by atomic mass is 15.2. The standard InChI is InChI=1S/C15H33N3/c1-5-7-13-8-9-14(16)15(12-13)18(4)11-6-10-17(2)3/h13-15H,5-12,16H2,1-4H3. The smallest absolute Gasteiger partial charge is 0.0246 e. The van der Waals surface area contributed by atoms with Crippen LogP contribution in [0.25, 0.3) is 0 Å². The summed E-state index contributed by atoms with van der Waals surface area (Å²) in [6, 6.07) is 1.000. The lowest BCUT2D eigenvalue weighted by Gasteiger charge is -2.39. The summed E-state index contributed by atoms with van der Waals surface area (Å²) in [4.78, 5) is 4.77. The minimum absolute atomic E-state index is 0.391. The van der Waals surface area contributed by atoms with E-state index >= 15 is 0 Å². The van der Waals surface area contributed by atoms with Crippen LogP contribution in [0.2, 0.25) is 0 Å². The molecule has 3 nitrogen and oxygen atoms in total. The van der Waals surface area contributed by atoms with Gasteiger partial charge in [-0.1, -0.05) is 19.8 Å². The van der Waals surface area contributed by atoms with Crippen molar-refractivity contribution in [1.82, 2.24) is 9.80 Å². The van der Waals surface area contributed by atoms with Crippen molar-refractivity contribution >= 4 is 0 Å². The van der Waals surface area contributed by atoms with Crippen LogP contribution in [0.1, 0.15) is 45.4 Å². The van der Waals surface area contributed by atoms with Gasteiger partial charge in [-0.15, -0.1) is 0 Å². The molecule has 0 amide bonds. The summed E-state index contributed by atoms with van der Waals surface area (Å²) < 4.78 is 0. The molecule has 2 N–H and O–H groups in total. The third-order valence-electron chi connectivity index (χ3n) is 4.36. The Morgan fingerprint density at radius 3 is 2.44 bits per heavy atom. The number of rotatable bonds is 7. The zero-order valence-corrected chi connectivity index (χ0v) is 12.9. The molecule has 108 valence electrons. The van der Waals surface area contributed by atoms with Crippen LogP contribution in [0.4, 0.5) is 0 Å². The van der Waals surface area contributed by atoms with Crippen molar-refractivity contribution in [1.29, 1.82) is 0 Å². The van der Waals surface area contributed by atoms with Gasteiger partial charge >= 0.3 is 0 Å². The third-order valence-corrected chi connectivity index (χ3v) is 4.36. The topological polar surface area (TPSA) is 32.5 Å². The van der Waals surface area contributed by atoms with Crippen molar-refractivity contribution in [2.24, 2.45) is 11.7 Å². The number of hydrogen-bond acceptors (Lipinski definition) is 3. The molecule has 0 aliphatic heterocycles. The Morgan fingerprint density at radius 1 is 1.11 bits per heavy atom. The van der Waals surface area contributed by atoms with Crippen molar-refractivity contribution < 1.29 is 0 Å². The predicted octanol–water partition coefficient (Wildman–Crippen LogP) is 2.17. The lowest BCUT2D eigenvalue weighted by molar-refractivity contribution is 0.129. The van der Waals surface area contributed by atoms with Gasteiger partial charge in [0.2, 0.25) is 0 Å². The minimum Gasteiger partial charge on any atom is -0.326 e. The Kier molecular flexibility index (Phi) is 7.20. The van der Waals surface area contributed by atoms with Crippen molar-refractivity contribution in [2.75, 3.05) is 34.2 Å². The van der Waals surface area contributed by atoms with Gasteiger partial charge < -0.3 is 15.5 Å². The number of likely N-dealkylation sites (N-methyl/N-ethyl adjacent to an activating group) is 1. The molecule has 0 heterocycles. The second kappa shape index (κ2) is 8.13. The molecule has 0 bridgehead atoms. The summed E-state index contributed by atoms with van der Waals surface area (Å²) in [6.45, 7) is 4.64. The molecule has 0 aromatic carbocycles. The van der Waals surface area contributed by atoms with Crippen LogP contribution in [-0.4, -0.2) is 56.1 Å². The highest BCUT2D eigenvalue weighted by Gasteiger charge is 2.30. The second-order valence-electron chi connectivity index (χ2n) is 6.34. The van der Waals surface area contributed by atoms with Gasteiger partial charge in [-0.05, 0) is 65.8 Å². The molecular weight excluding hydrogens is 222 g/mol. The summed E-state index contributed by atoms with van der Waals surface area (Å²) in [5.74, 6) is 0.913. The average Bonchev–Trinajstić information content (AvgIpc) is 2.31. The maximum atomic E-state index is 6.32. The van der Waals surface area contributed by atoms with E-state index in [9.17, 15) is 0 Å². The molecule has 18 heavy (non-hydrogen) atoms. The minimum atomic E-state index is 0.391. The monoisotopic (exact) mass is 255 g/mol. The predicted molar refractivity (Wildman–Crippen MR) is 79.8 cm³/mol. The molecule has 0 saturated heterocycles. The molecular formula is C15H33N3. The molecule has 0 aromatic heterocycles. The molecule has 1 fully saturated rings. The van der Waals surface area contributed by atoms with E-state index in [0.29, 0.717) is 12.1 Å². The average molecular weight is 255 g/mol. The molecule has 1 saturated carbocycles. The van der Waals surface area contributed by atoms with Gasteiger partial charge in [0.05, 0.1) is 0 Å². The van der Waals surface area contributed by atoms with Gasteiger partial charge in [0.1, 0.15) is 0 Å². The van der Waals surface area contributed by atoms with Gasteiger partial charge in [-0.2, -0.15) is 0 Å². The number of nitrogens with two attached hydrogens (primary N) is 1. The molecule has 0 aromatic rings. The molecule has 0 spiro atoms. The second-order valence-corrected chi connectivity index (χ2v) is 6.34. The summed E-state index contributed by atoms with van der Waals surface area (Å²) >= 11 is 0. The molecule has 3 heteroatoms. The van der Waals surface area contributed by atoms with Crippen LogP contribution in [0.15, 0.2) is 0 Å². The van der Waals surface area contributed by atoms with Gasteiger partial charge in [0.25, 0.3) is 0 Å². The zero-order chi connectivity index (χ0) is 13.5. The fourth-order valence-electron chi connectivity index (χ4n) is 3.23. The van der Waals surface area contributed by atoms with E-state index in [1.807, 2.05) is 0 Å². The van der Waals surface area contributed by atoms with E-state index in [-0.39, 0.29) is 0 Å². The molecule has 0 radical (unpaired) electrons. The SMILES string of the molecule is CCCC1CCC(N)C(N(C)CCCN(C)C)C1. The highest BCUT2D eigenvalue weighted by molar-refractivity contribution is 4.88. The summed E-state index contributed by atoms with van der Waals surface area (Å²) in [7, 11) is 6.54. The molecule has 1 aliphatic rings. The summed E-state index contributed by atoms with van der Waals surface area (Å²) in [5, 5.41) is 0. The fourth-order valence-corrected chi connectivity index (χ4v) is 3.23. The molecule has 3 unspecified atom stereocenters. The maximum Gasteiger partial charge on any atom is 0.0246 e. The first-order chi connectivity index (χ1) is 8.54. The summed E-state index contributed by atoms with van der Waals surface area (Å²) in [5.41, 5.74) is 6.32. The molecule has 3 atom stereocenters. The maximum absolute atomic E-state index is 6.32. The fraction of sp³-hybridized carbons (Fsp3) is 1.00. The van der Waals surface area contributed by atoms with Crippen molar-refractivity contribution in [3.8, 4) is 0 Å². The van der Waals surface area contributed by atoms with Crippen molar-refractivity contribution in [2.45, 2.75) is 57.5 Å². The van der Waals surface area contributed by atoms with E-state index in [1.54, 1.807) is 0 Å². The normalized spacial score (nSPS) is 29.2. The third kappa shape index (κ3) is 5.25. The zero-order valence-electron chi connectivity index (χ0n) is 12.9. The van der Waals surface area contributed by atoms with Crippen LogP contribution in [0.3, 0.4) is 0 Å². The van der Waals surface area contributed by atoms with Gasteiger partial charge in [-0.3, -0.25) is 0 Å². The Morgan fingerprint density at radius 2 is 1.83 bits per heavy atom. The number of nitrogens with zero attached hydrogens (tertiary/aromatic N) is 2. The van der Waals surface area contributed by atoms with Gasteiger partial charge in [0, 0.05) is 12.1 Å². The van der Waals surface area contributed by atoms with Crippen LogP contribution >= 0.6 is 0 Å². The van der Waals surface area contributed by atoms with Gasteiger partial charge in [-0.25, -0.2) is 0 Å². The van der Waals surface area contributed by atoms with Gasteiger partial charge in [0.15, 0.2) is 0 Å². The van der Waals surface area contributed by atoms with E-state index in [4.69, 9.17) is 5.73 Å².